The molecule has 0 unspecified atom stereocenters. The van der Waals surface area contributed by atoms with Gasteiger partial charge in [0.05, 0.1) is 16.8 Å². The zero-order chi connectivity index (χ0) is 14.8. The largest absolute Gasteiger partial charge is 0.444 e. The Hall–Kier alpha value is -1.92. The van der Waals surface area contributed by atoms with E-state index in [1.54, 1.807) is 17.6 Å². The van der Waals surface area contributed by atoms with E-state index < -0.39 is 0 Å². The second kappa shape index (κ2) is 6.06. The van der Waals surface area contributed by atoms with E-state index >= 15 is 0 Å². The summed E-state index contributed by atoms with van der Waals surface area (Å²) >= 11 is 1.66. The highest BCUT2D eigenvalue weighted by Crippen LogP contribution is 2.28. The van der Waals surface area contributed by atoms with Crippen molar-refractivity contribution >= 4 is 11.3 Å². The number of aromatic amines is 1. The molecule has 0 aromatic carbocycles. The molecule has 22 heavy (non-hydrogen) atoms. The third-order valence-corrected chi connectivity index (χ3v) is 5.11. The molecule has 0 radical (unpaired) electrons. The van der Waals surface area contributed by atoms with Gasteiger partial charge in [0.1, 0.15) is 6.26 Å². The molecule has 1 saturated heterocycles. The quantitative estimate of drug-likeness (QED) is 0.800. The maximum Gasteiger partial charge on any atom is 0.236 e. The van der Waals surface area contributed by atoms with Crippen LogP contribution in [0.25, 0.3) is 10.8 Å². The van der Waals surface area contributed by atoms with Crippen LogP contribution in [-0.2, 0) is 6.54 Å². The van der Waals surface area contributed by atoms with Crippen molar-refractivity contribution in [1.82, 2.24) is 20.1 Å². The summed E-state index contributed by atoms with van der Waals surface area (Å²) in [5.41, 5.74) is 2.35. The van der Waals surface area contributed by atoms with Gasteiger partial charge in [-0.2, -0.15) is 5.10 Å². The third kappa shape index (κ3) is 2.84. The number of nitrogens with one attached hydrogen (secondary N) is 1. The topological polar surface area (TPSA) is 58.0 Å². The molecule has 0 amide bonds. The Labute approximate surface area is 133 Å². The average molecular weight is 314 g/mol. The van der Waals surface area contributed by atoms with Crippen LogP contribution in [0.4, 0.5) is 0 Å². The first kappa shape index (κ1) is 13.7. The van der Waals surface area contributed by atoms with E-state index in [2.05, 4.69) is 20.1 Å². The molecule has 0 spiro atoms. The van der Waals surface area contributed by atoms with Crippen molar-refractivity contribution in [3.8, 4) is 10.8 Å². The average Bonchev–Trinajstić information content (AvgIpc) is 3.30. The number of hydrogen-bond acceptors (Lipinski definition) is 5. The fraction of sp³-hybridized carbons (Fsp3) is 0.375. The molecule has 1 aliphatic heterocycles. The second-order valence-corrected chi connectivity index (χ2v) is 6.65. The molecule has 0 atom stereocenters. The molecule has 0 saturated carbocycles. The van der Waals surface area contributed by atoms with Crippen molar-refractivity contribution in [2.24, 2.45) is 0 Å². The monoisotopic (exact) mass is 314 g/mol. The van der Waals surface area contributed by atoms with Crippen molar-refractivity contribution < 1.29 is 4.42 Å². The highest BCUT2D eigenvalue weighted by Gasteiger charge is 2.22. The van der Waals surface area contributed by atoms with Gasteiger partial charge in [-0.25, -0.2) is 4.98 Å². The first-order valence-electron chi connectivity index (χ1n) is 7.58. The molecule has 0 aliphatic carbocycles. The summed E-state index contributed by atoms with van der Waals surface area (Å²) < 4.78 is 5.59. The van der Waals surface area contributed by atoms with Gasteiger partial charge in [0, 0.05) is 12.7 Å². The lowest BCUT2D eigenvalue weighted by atomic mass is 9.91. The molecule has 1 fully saturated rings. The number of hydrogen-bond donors (Lipinski definition) is 1. The van der Waals surface area contributed by atoms with Crippen LogP contribution in [0.3, 0.4) is 0 Å². The fourth-order valence-electron chi connectivity index (χ4n) is 3.03. The summed E-state index contributed by atoms with van der Waals surface area (Å²) in [4.78, 5) is 8.14. The number of oxazole rings is 1. The Morgan fingerprint density at radius 3 is 3.00 bits per heavy atom. The van der Waals surface area contributed by atoms with Crippen LogP contribution in [0.1, 0.15) is 30.0 Å². The Morgan fingerprint density at radius 1 is 1.36 bits per heavy atom. The van der Waals surface area contributed by atoms with Crippen molar-refractivity contribution in [1.29, 1.82) is 0 Å². The summed E-state index contributed by atoms with van der Waals surface area (Å²) in [6.07, 6.45) is 8.11. The van der Waals surface area contributed by atoms with Crippen LogP contribution in [0.2, 0.25) is 0 Å². The Kier molecular flexibility index (Phi) is 3.78. The molecule has 4 rings (SSSR count). The summed E-state index contributed by atoms with van der Waals surface area (Å²) in [5, 5.41) is 9.00. The molecule has 1 aliphatic rings. The predicted octanol–water partition coefficient (Wildman–Crippen LogP) is 3.51. The van der Waals surface area contributed by atoms with Gasteiger partial charge in [-0.1, -0.05) is 6.07 Å². The van der Waals surface area contributed by atoms with Crippen LogP contribution in [0.5, 0.6) is 0 Å². The molecule has 4 heterocycles. The standard InChI is InChI=1S/C16H18N4OS/c1-2-15(22-7-1)16-19-14(11-21-16)10-20-5-3-12(4-6-20)13-8-17-18-9-13/h1-2,7-9,11-12H,3-6,10H2,(H,17,18). The molecular formula is C16H18N4OS. The Balaban J connectivity index is 1.35. The first-order valence-corrected chi connectivity index (χ1v) is 8.46. The van der Waals surface area contributed by atoms with E-state index in [0.717, 1.165) is 36.1 Å². The third-order valence-electron chi connectivity index (χ3n) is 4.25. The SMILES string of the molecule is c1csc(-c2nc(CN3CCC(c4cn[nH]c4)CC3)co2)c1. The number of piperidine rings is 1. The van der Waals surface area contributed by atoms with E-state index in [1.807, 2.05) is 29.9 Å². The Morgan fingerprint density at radius 2 is 2.27 bits per heavy atom. The highest BCUT2D eigenvalue weighted by atomic mass is 32.1. The minimum atomic E-state index is 0.633. The van der Waals surface area contributed by atoms with Crippen LogP contribution >= 0.6 is 11.3 Å². The lowest BCUT2D eigenvalue weighted by Gasteiger charge is -2.30. The first-order chi connectivity index (χ1) is 10.9. The van der Waals surface area contributed by atoms with E-state index in [1.165, 1.54) is 18.4 Å². The van der Waals surface area contributed by atoms with Gasteiger partial charge in [0.25, 0.3) is 0 Å². The van der Waals surface area contributed by atoms with Gasteiger partial charge < -0.3 is 4.42 Å². The van der Waals surface area contributed by atoms with Crippen LogP contribution in [0, 0.1) is 0 Å². The molecular weight excluding hydrogens is 296 g/mol. The number of nitrogens with zero attached hydrogens (tertiary/aromatic N) is 3. The summed E-state index contributed by atoms with van der Waals surface area (Å²) in [5.74, 6) is 1.37. The molecule has 114 valence electrons. The van der Waals surface area contributed by atoms with E-state index in [0.29, 0.717) is 5.92 Å². The van der Waals surface area contributed by atoms with Crippen LogP contribution in [0.15, 0.2) is 40.6 Å². The van der Waals surface area contributed by atoms with E-state index in [-0.39, 0.29) is 0 Å². The molecule has 0 bridgehead atoms. The van der Waals surface area contributed by atoms with Crippen molar-refractivity contribution in [3.63, 3.8) is 0 Å². The minimum Gasteiger partial charge on any atom is -0.444 e. The van der Waals surface area contributed by atoms with Gasteiger partial charge in [0.2, 0.25) is 5.89 Å². The zero-order valence-electron chi connectivity index (χ0n) is 12.2. The van der Waals surface area contributed by atoms with Gasteiger partial charge >= 0.3 is 0 Å². The minimum absolute atomic E-state index is 0.633. The molecule has 6 heteroatoms. The van der Waals surface area contributed by atoms with Crippen LogP contribution in [-0.4, -0.2) is 33.2 Å². The fourth-order valence-corrected chi connectivity index (χ4v) is 3.69. The number of likely N-dealkylation sites (tertiary alicyclic amines) is 1. The maximum atomic E-state index is 5.59. The lowest BCUT2D eigenvalue weighted by Crippen LogP contribution is -2.32. The molecule has 3 aromatic rings. The normalized spacial score (nSPS) is 17.1. The van der Waals surface area contributed by atoms with Crippen molar-refractivity contribution in [2.75, 3.05) is 13.1 Å². The van der Waals surface area contributed by atoms with Crippen molar-refractivity contribution in [3.05, 3.63) is 47.4 Å². The molecule has 5 nitrogen and oxygen atoms in total. The lowest BCUT2D eigenvalue weighted by molar-refractivity contribution is 0.202. The summed E-state index contributed by atoms with van der Waals surface area (Å²) in [6, 6.07) is 4.06. The number of rotatable bonds is 4. The zero-order valence-corrected chi connectivity index (χ0v) is 13.1. The molecule has 3 aromatic heterocycles. The summed E-state index contributed by atoms with van der Waals surface area (Å²) in [6.45, 7) is 3.06. The summed E-state index contributed by atoms with van der Waals surface area (Å²) in [7, 11) is 0. The Bertz CT molecular complexity index is 696. The van der Waals surface area contributed by atoms with E-state index in [4.69, 9.17) is 4.42 Å². The predicted molar refractivity (Wildman–Crippen MR) is 85.7 cm³/mol. The van der Waals surface area contributed by atoms with Crippen molar-refractivity contribution in [2.45, 2.75) is 25.3 Å². The number of aromatic nitrogens is 3. The maximum absolute atomic E-state index is 5.59. The number of H-pyrrole nitrogens is 1. The van der Waals surface area contributed by atoms with Crippen LogP contribution < -0.4 is 0 Å². The molecule has 1 N–H and O–H groups in total. The van der Waals surface area contributed by atoms with Gasteiger partial charge in [-0.3, -0.25) is 10.00 Å². The number of thiophene rings is 1. The highest BCUT2D eigenvalue weighted by molar-refractivity contribution is 7.13. The second-order valence-electron chi connectivity index (χ2n) is 5.70. The van der Waals surface area contributed by atoms with Gasteiger partial charge in [0.15, 0.2) is 0 Å². The van der Waals surface area contributed by atoms with Gasteiger partial charge in [-0.05, 0) is 48.9 Å². The van der Waals surface area contributed by atoms with Gasteiger partial charge in [-0.15, -0.1) is 11.3 Å². The van der Waals surface area contributed by atoms with E-state index in [9.17, 15) is 0 Å². The smallest absolute Gasteiger partial charge is 0.236 e.